The Morgan fingerprint density at radius 2 is 2.07 bits per heavy atom. The molecule has 0 unspecified atom stereocenters. The van der Waals surface area contributed by atoms with Gasteiger partial charge in [0, 0.05) is 17.0 Å². The maximum Gasteiger partial charge on any atom is 0.269 e. The molecule has 7 nitrogen and oxygen atoms in total. The van der Waals surface area contributed by atoms with Gasteiger partial charge in [-0.15, -0.1) is 11.8 Å². The fourth-order valence-corrected chi connectivity index (χ4v) is 3.09. The Bertz CT molecular complexity index is 856. The van der Waals surface area contributed by atoms with Crippen molar-refractivity contribution >= 4 is 45.5 Å². The second-order valence-electron chi connectivity index (χ2n) is 5.12. The highest BCUT2D eigenvalue weighted by Crippen LogP contribution is 2.25. The van der Waals surface area contributed by atoms with Gasteiger partial charge in [-0.25, -0.2) is 5.43 Å². The Morgan fingerprint density at radius 3 is 2.70 bits per heavy atom. The molecule has 2 aromatic rings. The number of carbonyl (C=O) groups is 1. The molecule has 0 aliphatic carbocycles. The van der Waals surface area contributed by atoms with Gasteiger partial charge in [-0.2, -0.15) is 5.10 Å². The fourth-order valence-electron chi connectivity index (χ4n) is 1.89. The van der Waals surface area contributed by atoms with E-state index in [4.69, 9.17) is 4.74 Å². The van der Waals surface area contributed by atoms with E-state index in [1.807, 2.05) is 12.1 Å². The van der Waals surface area contributed by atoms with E-state index in [9.17, 15) is 14.9 Å². The van der Waals surface area contributed by atoms with Gasteiger partial charge >= 0.3 is 0 Å². The number of benzene rings is 2. The molecular weight excluding hydrogens is 434 g/mol. The van der Waals surface area contributed by atoms with Gasteiger partial charge in [0.2, 0.25) is 5.91 Å². The van der Waals surface area contributed by atoms with Gasteiger partial charge in [0.25, 0.3) is 5.69 Å². The lowest BCUT2D eigenvalue weighted by molar-refractivity contribution is -0.384. The summed E-state index contributed by atoms with van der Waals surface area (Å²) >= 11 is 4.68. The predicted molar refractivity (Wildman–Crippen MR) is 109 cm³/mol. The van der Waals surface area contributed by atoms with Crippen LogP contribution in [0.3, 0.4) is 0 Å². The normalized spacial score (nSPS) is 10.6. The number of amides is 1. The molecule has 0 fully saturated rings. The number of halogens is 1. The van der Waals surface area contributed by atoms with E-state index in [0.717, 1.165) is 14.9 Å². The van der Waals surface area contributed by atoms with Crippen molar-refractivity contribution in [1.82, 2.24) is 5.43 Å². The van der Waals surface area contributed by atoms with Gasteiger partial charge in [0.05, 0.1) is 21.4 Å². The van der Waals surface area contributed by atoms with Crippen LogP contribution >= 0.6 is 27.7 Å². The molecule has 27 heavy (non-hydrogen) atoms. The van der Waals surface area contributed by atoms with Crippen LogP contribution in [0.1, 0.15) is 5.56 Å². The number of nitro benzene ring substituents is 1. The molecule has 140 valence electrons. The lowest BCUT2D eigenvalue weighted by Crippen LogP contribution is -2.19. The van der Waals surface area contributed by atoms with Crippen LogP contribution in [-0.2, 0) is 4.79 Å². The number of thioether (sulfide) groups is 1. The number of nitrogens with zero attached hydrogens (tertiary/aromatic N) is 2. The average molecular weight is 450 g/mol. The zero-order chi connectivity index (χ0) is 19.6. The number of hydrogen-bond acceptors (Lipinski definition) is 6. The lowest BCUT2D eigenvalue weighted by Gasteiger charge is -2.06. The third kappa shape index (κ3) is 6.87. The molecule has 9 heteroatoms. The summed E-state index contributed by atoms with van der Waals surface area (Å²) in [4.78, 5) is 22.7. The molecule has 2 rings (SSSR count). The molecule has 0 aromatic heterocycles. The van der Waals surface area contributed by atoms with Crippen LogP contribution in [0.25, 0.3) is 0 Å². The van der Waals surface area contributed by atoms with Gasteiger partial charge in [0.15, 0.2) is 0 Å². The first-order chi connectivity index (χ1) is 13.0. The first-order valence-electron chi connectivity index (χ1n) is 7.72. The van der Waals surface area contributed by atoms with E-state index in [2.05, 4.69) is 33.0 Å². The van der Waals surface area contributed by atoms with Crippen molar-refractivity contribution in [3.8, 4) is 5.75 Å². The number of non-ortho nitro benzene ring substituents is 1. The van der Waals surface area contributed by atoms with E-state index < -0.39 is 4.92 Å². The third-order valence-corrected chi connectivity index (χ3v) is 4.76. The first-order valence-corrected chi connectivity index (χ1v) is 9.50. The monoisotopic (exact) mass is 449 g/mol. The van der Waals surface area contributed by atoms with Crippen LogP contribution in [0, 0.1) is 10.1 Å². The maximum atomic E-state index is 11.8. The molecule has 1 N–H and O–H groups in total. The van der Waals surface area contributed by atoms with E-state index in [0.29, 0.717) is 12.4 Å². The summed E-state index contributed by atoms with van der Waals surface area (Å²) in [6, 6.07) is 11.4. The van der Waals surface area contributed by atoms with Crippen LogP contribution in [-0.4, -0.2) is 29.4 Å². The highest BCUT2D eigenvalue weighted by Gasteiger charge is 2.06. The number of nitro groups is 1. The first kappa shape index (κ1) is 20.7. The van der Waals surface area contributed by atoms with E-state index in [1.165, 1.54) is 30.1 Å². The number of hydrazone groups is 1. The van der Waals surface area contributed by atoms with Crippen molar-refractivity contribution in [3.05, 3.63) is 75.3 Å². The molecule has 0 saturated heterocycles. The lowest BCUT2D eigenvalue weighted by atomic mass is 10.2. The second kappa shape index (κ2) is 10.5. The Labute approximate surface area is 168 Å². The molecule has 2 aromatic carbocycles. The maximum absolute atomic E-state index is 11.8. The Hall–Kier alpha value is -2.65. The zero-order valence-corrected chi connectivity index (χ0v) is 16.5. The van der Waals surface area contributed by atoms with Crippen LogP contribution in [0.2, 0.25) is 0 Å². The summed E-state index contributed by atoms with van der Waals surface area (Å²) in [6.07, 6.45) is 3.18. The minimum atomic E-state index is -0.466. The summed E-state index contributed by atoms with van der Waals surface area (Å²) in [5.41, 5.74) is 3.24. The van der Waals surface area contributed by atoms with Crippen molar-refractivity contribution < 1.29 is 14.5 Å². The molecule has 0 atom stereocenters. The molecule has 0 spiro atoms. The van der Waals surface area contributed by atoms with Crippen molar-refractivity contribution in [2.45, 2.75) is 4.90 Å². The second-order valence-corrected chi connectivity index (χ2v) is 7.03. The highest BCUT2D eigenvalue weighted by molar-refractivity contribution is 9.10. The van der Waals surface area contributed by atoms with Crippen LogP contribution in [0.5, 0.6) is 5.75 Å². The van der Waals surface area contributed by atoms with Gasteiger partial charge in [-0.05, 0) is 51.8 Å². The van der Waals surface area contributed by atoms with Crippen molar-refractivity contribution in [2.75, 3.05) is 12.4 Å². The minimum Gasteiger partial charge on any atom is -0.488 e. The van der Waals surface area contributed by atoms with Gasteiger partial charge in [0.1, 0.15) is 12.4 Å². The Morgan fingerprint density at radius 1 is 1.33 bits per heavy atom. The molecule has 0 bridgehead atoms. The predicted octanol–water partition coefficient (Wildman–Crippen LogP) is 4.16. The summed E-state index contributed by atoms with van der Waals surface area (Å²) in [6.45, 7) is 4.01. The average Bonchev–Trinajstić information content (AvgIpc) is 2.66. The van der Waals surface area contributed by atoms with Crippen molar-refractivity contribution in [1.29, 1.82) is 0 Å². The Balaban J connectivity index is 1.81. The highest BCUT2D eigenvalue weighted by atomic mass is 79.9. The SMILES string of the molecule is C=CCOc1ccc(/C=N\NC(=O)CSc2ccc([N+](=O)[O-])cc2)cc1Br. The van der Waals surface area contributed by atoms with Crippen molar-refractivity contribution in [2.24, 2.45) is 5.10 Å². The van der Waals surface area contributed by atoms with Gasteiger partial charge < -0.3 is 4.74 Å². The molecule has 0 aliphatic heterocycles. The largest absolute Gasteiger partial charge is 0.488 e. The molecule has 0 radical (unpaired) electrons. The summed E-state index contributed by atoms with van der Waals surface area (Å²) in [5.74, 6) is 0.558. The van der Waals surface area contributed by atoms with E-state index in [-0.39, 0.29) is 17.3 Å². The number of ether oxygens (including phenoxy) is 1. The Kier molecular flexibility index (Phi) is 8.02. The number of nitrogens with one attached hydrogen (secondary N) is 1. The number of hydrogen-bond donors (Lipinski definition) is 1. The van der Waals surface area contributed by atoms with Crippen LogP contribution in [0.4, 0.5) is 5.69 Å². The summed E-state index contributed by atoms with van der Waals surface area (Å²) < 4.78 is 6.23. The summed E-state index contributed by atoms with van der Waals surface area (Å²) in [7, 11) is 0. The van der Waals surface area contributed by atoms with Gasteiger partial charge in [-0.3, -0.25) is 14.9 Å². The van der Waals surface area contributed by atoms with E-state index in [1.54, 1.807) is 24.3 Å². The number of rotatable bonds is 9. The molecule has 0 heterocycles. The molecule has 0 saturated carbocycles. The molecule has 1 amide bonds. The summed E-state index contributed by atoms with van der Waals surface area (Å²) in [5, 5.41) is 14.5. The fraction of sp³-hybridized carbons (Fsp3) is 0.111. The topological polar surface area (TPSA) is 93.8 Å². The smallest absolute Gasteiger partial charge is 0.269 e. The van der Waals surface area contributed by atoms with Crippen molar-refractivity contribution in [3.63, 3.8) is 0 Å². The minimum absolute atomic E-state index is 0.0143. The molecular formula is C18H16BrN3O4S. The van der Waals surface area contributed by atoms with Crippen LogP contribution < -0.4 is 10.2 Å². The zero-order valence-electron chi connectivity index (χ0n) is 14.1. The quantitative estimate of drug-likeness (QED) is 0.204. The third-order valence-electron chi connectivity index (χ3n) is 3.13. The molecule has 0 aliphatic rings. The van der Waals surface area contributed by atoms with Crippen LogP contribution in [0.15, 0.2) is 69.6 Å². The number of carbonyl (C=O) groups excluding carboxylic acids is 1. The van der Waals surface area contributed by atoms with Gasteiger partial charge in [-0.1, -0.05) is 12.7 Å². The standard InChI is InChI=1S/C18H16BrN3O4S/c1-2-9-26-17-8-3-13(10-16(17)19)11-20-21-18(23)12-27-15-6-4-14(5-7-15)22(24)25/h2-8,10-11H,1,9,12H2,(H,21,23)/b20-11-. The van der Waals surface area contributed by atoms with E-state index >= 15 is 0 Å².